The summed E-state index contributed by atoms with van der Waals surface area (Å²) >= 11 is 0. The zero-order valence-corrected chi connectivity index (χ0v) is 13.9. The molecule has 28 heavy (non-hydrogen) atoms. The third kappa shape index (κ3) is 4.35. The number of alkyl halides is 6. The molecule has 0 atom stereocenters. The predicted molar refractivity (Wildman–Crippen MR) is 87.0 cm³/mol. The van der Waals surface area contributed by atoms with Crippen LogP contribution >= 0.6 is 0 Å². The van der Waals surface area contributed by atoms with E-state index in [9.17, 15) is 31.1 Å². The Bertz CT molecular complexity index is 821. The Morgan fingerprint density at radius 1 is 0.821 bits per heavy atom. The fourth-order valence-electron chi connectivity index (χ4n) is 2.03. The first-order valence-corrected chi connectivity index (χ1v) is 7.56. The molecule has 0 unspecified atom stereocenters. The van der Waals surface area contributed by atoms with Gasteiger partial charge in [-0.3, -0.25) is 10.1 Å². The van der Waals surface area contributed by atoms with E-state index in [1.54, 1.807) is 6.07 Å². The number of rotatable bonds is 5. The molecular formula is C17H13F6N3O2. The number of carbonyl (C=O) groups is 1. The number of nitrogens with zero attached hydrogens (tertiary/aromatic N) is 1. The number of benzene rings is 2. The monoisotopic (exact) mass is 405 g/mol. The van der Waals surface area contributed by atoms with Crippen molar-refractivity contribution in [3.63, 3.8) is 0 Å². The zero-order valence-electron chi connectivity index (χ0n) is 13.9. The van der Waals surface area contributed by atoms with Gasteiger partial charge < -0.3 is 10.6 Å². The van der Waals surface area contributed by atoms with E-state index in [0.717, 1.165) is 17.4 Å². The minimum Gasteiger partial charge on any atom is -0.380 e. The van der Waals surface area contributed by atoms with E-state index in [0.29, 0.717) is 0 Å². The van der Waals surface area contributed by atoms with Crippen LogP contribution < -0.4 is 11.1 Å². The van der Waals surface area contributed by atoms with Gasteiger partial charge in [0.1, 0.15) is 0 Å². The highest BCUT2D eigenvalue weighted by Gasteiger charge is 2.76. The van der Waals surface area contributed by atoms with Gasteiger partial charge in [-0.15, -0.1) is 0 Å². The van der Waals surface area contributed by atoms with E-state index in [2.05, 4.69) is 9.99 Å². The lowest BCUT2D eigenvalue weighted by Gasteiger charge is -2.34. The molecule has 0 aromatic heterocycles. The maximum Gasteiger partial charge on any atom is 0.461 e. The van der Waals surface area contributed by atoms with Crippen LogP contribution in [-0.4, -0.2) is 29.8 Å². The van der Waals surface area contributed by atoms with Crippen LogP contribution in [0.5, 0.6) is 0 Å². The number of amides is 1. The van der Waals surface area contributed by atoms with Crippen LogP contribution in [0.1, 0.15) is 15.9 Å². The molecule has 0 fully saturated rings. The molecule has 0 spiro atoms. The number of oxime groups is 1. The van der Waals surface area contributed by atoms with Crippen LogP contribution in [0, 0.1) is 0 Å². The summed E-state index contributed by atoms with van der Waals surface area (Å²) in [6.07, 6.45) is -12.2. The average Bonchev–Trinajstić information content (AvgIpc) is 2.64. The van der Waals surface area contributed by atoms with Crippen molar-refractivity contribution < 1.29 is 36.0 Å². The van der Waals surface area contributed by atoms with Crippen molar-refractivity contribution in [3.8, 4) is 0 Å². The van der Waals surface area contributed by atoms with E-state index in [1.807, 2.05) is 0 Å². The summed E-state index contributed by atoms with van der Waals surface area (Å²) < 4.78 is 80.6. The van der Waals surface area contributed by atoms with Crippen LogP contribution in [0.15, 0.2) is 65.8 Å². The topological polar surface area (TPSA) is 76.7 Å². The second-order valence-electron chi connectivity index (χ2n) is 5.43. The van der Waals surface area contributed by atoms with Gasteiger partial charge in [-0.2, -0.15) is 26.3 Å². The standard InChI is InChI=1S/C17H13F6N3O2/c18-16(19,20)15(17(21,22)23,25-14(27)12-9-5-2-6-10-12)28-26-13(24)11-7-3-1-4-8-11/h1-10H,(H2,24,26)(H,25,27). The first kappa shape index (κ1) is 21.1. The minimum atomic E-state index is -6.10. The first-order chi connectivity index (χ1) is 13.0. The lowest BCUT2D eigenvalue weighted by molar-refractivity contribution is -0.388. The van der Waals surface area contributed by atoms with Crippen molar-refractivity contribution in [2.75, 3.05) is 0 Å². The number of halogens is 6. The molecule has 2 aromatic carbocycles. The van der Waals surface area contributed by atoms with E-state index >= 15 is 0 Å². The molecule has 0 saturated carbocycles. The maximum atomic E-state index is 13.4. The molecule has 0 radical (unpaired) electrons. The maximum absolute atomic E-state index is 13.4. The third-order valence-electron chi connectivity index (χ3n) is 3.47. The van der Waals surface area contributed by atoms with Crippen LogP contribution in [0.3, 0.4) is 0 Å². The Morgan fingerprint density at radius 2 is 1.25 bits per heavy atom. The highest BCUT2D eigenvalue weighted by atomic mass is 19.4. The lowest BCUT2D eigenvalue weighted by Crippen LogP contribution is -2.68. The first-order valence-electron chi connectivity index (χ1n) is 7.56. The highest BCUT2D eigenvalue weighted by molar-refractivity contribution is 5.97. The van der Waals surface area contributed by atoms with Crippen LogP contribution in [-0.2, 0) is 4.84 Å². The summed E-state index contributed by atoms with van der Waals surface area (Å²) in [4.78, 5) is 15.8. The SMILES string of the molecule is NC(=NOC(NC(=O)c1ccccc1)(C(F)(F)F)C(F)(F)F)c1ccccc1. The van der Waals surface area contributed by atoms with Crippen LogP contribution in [0.25, 0.3) is 0 Å². The number of nitrogens with two attached hydrogens (primary N) is 1. The molecule has 0 bridgehead atoms. The minimum absolute atomic E-state index is 0.0233. The summed E-state index contributed by atoms with van der Waals surface area (Å²) in [6.45, 7) is 0. The number of hydrogen-bond donors (Lipinski definition) is 2. The largest absolute Gasteiger partial charge is 0.461 e. The highest BCUT2D eigenvalue weighted by Crippen LogP contribution is 2.44. The Balaban J connectivity index is 2.45. The summed E-state index contributed by atoms with van der Waals surface area (Å²) in [5.41, 5.74) is -0.114. The average molecular weight is 405 g/mol. The fraction of sp³-hybridized carbons (Fsp3) is 0.176. The van der Waals surface area contributed by atoms with Gasteiger partial charge in [0.15, 0.2) is 5.84 Å². The van der Waals surface area contributed by atoms with Gasteiger partial charge >= 0.3 is 18.1 Å². The van der Waals surface area contributed by atoms with Gasteiger partial charge in [0, 0.05) is 11.1 Å². The van der Waals surface area contributed by atoms with Gasteiger partial charge in [-0.1, -0.05) is 53.7 Å². The molecule has 2 aromatic rings. The van der Waals surface area contributed by atoms with Gasteiger partial charge in [-0.05, 0) is 12.1 Å². The smallest absolute Gasteiger partial charge is 0.380 e. The second-order valence-corrected chi connectivity index (χ2v) is 5.43. The second kappa shape index (κ2) is 7.79. The van der Waals surface area contributed by atoms with E-state index < -0.39 is 35.4 Å². The van der Waals surface area contributed by atoms with Crippen molar-refractivity contribution in [3.05, 3.63) is 71.8 Å². The number of nitrogens with one attached hydrogen (secondary N) is 1. The molecular weight excluding hydrogens is 392 g/mol. The summed E-state index contributed by atoms with van der Waals surface area (Å²) in [6, 6.07) is 13.1. The molecule has 0 saturated heterocycles. The van der Waals surface area contributed by atoms with Crippen molar-refractivity contribution in [1.82, 2.24) is 5.32 Å². The molecule has 0 aliphatic carbocycles. The van der Waals surface area contributed by atoms with E-state index in [4.69, 9.17) is 5.73 Å². The fourth-order valence-corrected chi connectivity index (χ4v) is 2.03. The molecule has 1 amide bonds. The predicted octanol–water partition coefficient (Wildman–Crippen LogP) is 3.57. The van der Waals surface area contributed by atoms with Gasteiger partial charge in [0.05, 0.1) is 0 Å². The van der Waals surface area contributed by atoms with E-state index in [-0.39, 0.29) is 5.56 Å². The van der Waals surface area contributed by atoms with Gasteiger partial charge in [0.2, 0.25) is 0 Å². The quantitative estimate of drug-likeness (QED) is 0.263. The summed E-state index contributed by atoms with van der Waals surface area (Å²) in [5.74, 6) is -2.41. The lowest BCUT2D eigenvalue weighted by atomic mass is 10.1. The summed E-state index contributed by atoms with van der Waals surface area (Å²) in [5, 5.41) is 3.65. The van der Waals surface area contributed by atoms with Gasteiger partial charge in [-0.25, -0.2) is 0 Å². The number of carbonyl (C=O) groups excluding carboxylic acids is 1. The number of amidine groups is 1. The molecule has 3 N–H and O–H groups in total. The third-order valence-corrected chi connectivity index (χ3v) is 3.47. The van der Waals surface area contributed by atoms with Crippen LogP contribution in [0.2, 0.25) is 0 Å². The van der Waals surface area contributed by atoms with Gasteiger partial charge in [0.25, 0.3) is 5.91 Å². The zero-order chi connectivity index (χ0) is 21.0. The van der Waals surface area contributed by atoms with Crippen molar-refractivity contribution >= 4 is 11.7 Å². The summed E-state index contributed by atoms with van der Waals surface area (Å²) in [7, 11) is 0. The van der Waals surface area contributed by atoms with Crippen LogP contribution in [0.4, 0.5) is 26.3 Å². The van der Waals surface area contributed by atoms with Crippen molar-refractivity contribution in [2.24, 2.45) is 10.9 Å². The Labute approximate surface area is 154 Å². The Kier molecular flexibility index (Phi) is 5.86. The Morgan fingerprint density at radius 3 is 1.68 bits per heavy atom. The number of hydrogen-bond acceptors (Lipinski definition) is 3. The van der Waals surface area contributed by atoms with Crippen molar-refractivity contribution in [2.45, 2.75) is 18.1 Å². The molecule has 150 valence electrons. The normalized spacial score (nSPS) is 13.1. The molecule has 0 heterocycles. The van der Waals surface area contributed by atoms with Crippen molar-refractivity contribution in [1.29, 1.82) is 0 Å². The molecule has 0 aliphatic rings. The van der Waals surface area contributed by atoms with E-state index in [1.165, 1.54) is 42.5 Å². The Hall–Kier alpha value is -3.24. The molecule has 0 aliphatic heterocycles. The molecule has 2 rings (SSSR count). The molecule has 11 heteroatoms. The molecule has 5 nitrogen and oxygen atoms in total.